The van der Waals surface area contributed by atoms with Crippen molar-refractivity contribution in [1.29, 1.82) is 0 Å². The van der Waals surface area contributed by atoms with Crippen LogP contribution in [0.25, 0.3) is 0 Å². The Bertz CT molecular complexity index is 1370. The van der Waals surface area contributed by atoms with E-state index in [0.29, 0.717) is 19.3 Å². The molecule has 0 radical (unpaired) electrons. The van der Waals surface area contributed by atoms with Gasteiger partial charge in [-0.1, -0.05) is 286 Å². The predicted octanol–water partition coefficient (Wildman–Crippen LogP) is 21.7. The summed E-state index contributed by atoms with van der Waals surface area (Å²) in [5.41, 5.74) is 0. The van der Waals surface area contributed by atoms with Crippen LogP contribution in [0, 0.1) is 0 Å². The average molecular weight is 1030 g/mol. The highest BCUT2D eigenvalue weighted by atomic mass is 16.6. The Morgan fingerprint density at radius 2 is 0.527 bits per heavy atom. The van der Waals surface area contributed by atoms with Crippen LogP contribution in [-0.4, -0.2) is 37.2 Å². The summed E-state index contributed by atoms with van der Waals surface area (Å²) in [4.78, 5) is 38.2. The van der Waals surface area contributed by atoms with Crippen molar-refractivity contribution in [3.63, 3.8) is 0 Å². The summed E-state index contributed by atoms with van der Waals surface area (Å²) in [7, 11) is 0. The van der Waals surface area contributed by atoms with E-state index in [1.54, 1.807) is 0 Å². The minimum Gasteiger partial charge on any atom is -0.462 e. The average Bonchev–Trinajstić information content (AvgIpc) is 3.40. The maximum absolute atomic E-state index is 12.9. The number of esters is 3. The summed E-state index contributed by atoms with van der Waals surface area (Å²) in [6, 6.07) is 0. The molecular weight excluding hydrogens is 913 g/mol. The summed E-state index contributed by atoms with van der Waals surface area (Å²) in [5, 5.41) is 0. The minimum absolute atomic E-state index is 0.0782. The van der Waals surface area contributed by atoms with Gasteiger partial charge in [-0.2, -0.15) is 0 Å². The number of carbonyl (C=O) groups excluding carboxylic acids is 3. The van der Waals surface area contributed by atoms with Gasteiger partial charge in [0, 0.05) is 19.3 Å². The SMILES string of the molecule is CC/C=C\C/C=C\C/C=C\C/C=C\CCCCCCCCC(=O)OC(COC(=O)CCCCCCCCCCCC)COC(=O)CCCCCCCCCCCCCCCCC/C=C\C/C=C\CCCCCCC. The Kier molecular flexibility index (Phi) is 59.7. The topological polar surface area (TPSA) is 78.9 Å². The second-order valence-electron chi connectivity index (χ2n) is 21.3. The quantitative estimate of drug-likeness (QED) is 0.0261. The van der Waals surface area contributed by atoms with Crippen molar-refractivity contribution < 1.29 is 28.6 Å². The smallest absolute Gasteiger partial charge is 0.306 e. The molecule has 0 aromatic carbocycles. The number of allylic oxidation sites excluding steroid dienone is 12. The third-order valence-electron chi connectivity index (χ3n) is 13.9. The maximum Gasteiger partial charge on any atom is 0.306 e. The lowest BCUT2D eigenvalue weighted by Crippen LogP contribution is -2.30. The first-order valence-corrected chi connectivity index (χ1v) is 31.9. The van der Waals surface area contributed by atoms with Gasteiger partial charge in [0.25, 0.3) is 0 Å². The van der Waals surface area contributed by atoms with E-state index in [4.69, 9.17) is 14.2 Å². The van der Waals surface area contributed by atoms with Crippen LogP contribution in [-0.2, 0) is 28.6 Å². The molecule has 0 aliphatic carbocycles. The first-order chi connectivity index (χ1) is 36.5. The molecule has 0 amide bonds. The molecule has 0 rings (SSSR count). The van der Waals surface area contributed by atoms with Crippen LogP contribution in [0.4, 0.5) is 0 Å². The van der Waals surface area contributed by atoms with Gasteiger partial charge in [-0.3, -0.25) is 14.4 Å². The van der Waals surface area contributed by atoms with E-state index in [-0.39, 0.29) is 31.1 Å². The molecule has 0 heterocycles. The van der Waals surface area contributed by atoms with Gasteiger partial charge >= 0.3 is 17.9 Å². The Morgan fingerprint density at radius 1 is 0.284 bits per heavy atom. The lowest BCUT2D eigenvalue weighted by atomic mass is 10.0. The third kappa shape index (κ3) is 59.7. The van der Waals surface area contributed by atoms with Gasteiger partial charge in [0.15, 0.2) is 6.10 Å². The fourth-order valence-corrected chi connectivity index (χ4v) is 9.17. The van der Waals surface area contributed by atoms with Crippen molar-refractivity contribution in [2.45, 2.75) is 329 Å². The molecule has 0 bridgehead atoms. The Balaban J connectivity index is 4.21. The summed E-state index contributed by atoms with van der Waals surface area (Å²) < 4.78 is 16.9. The molecule has 0 spiro atoms. The van der Waals surface area contributed by atoms with Gasteiger partial charge in [-0.15, -0.1) is 0 Å². The van der Waals surface area contributed by atoms with E-state index in [1.165, 1.54) is 180 Å². The van der Waals surface area contributed by atoms with Gasteiger partial charge in [0.2, 0.25) is 0 Å². The summed E-state index contributed by atoms with van der Waals surface area (Å²) in [6.07, 6.45) is 80.6. The van der Waals surface area contributed by atoms with E-state index in [9.17, 15) is 14.4 Å². The first-order valence-electron chi connectivity index (χ1n) is 31.9. The van der Waals surface area contributed by atoms with Crippen molar-refractivity contribution in [3.8, 4) is 0 Å². The number of hydrogen-bond acceptors (Lipinski definition) is 6. The normalized spacial score (nSPS) is 12.5. The van der Waals surface area contributed by atoms with Crippen LogP contribution < -0.4 is 0 Å². The van der Waals surface area contributed by atoms with Crippen molar-refractivity contribution in [1.82, 2.24) is 0 Å². The van der Waals surface area contributed by atoms with Crippen LogP contribution in [0.15, 0.2) is 72.9 Å². The molecule has 74 heavy (non-hydrogen) atoms. The van der Waals surface area contributed by atoms with Gasteiger partial charge in [0.05, 0.1) is 0 Å². The number of hydrogen-bond donors (Lipinski definition) is 0. The lowest BCUT2D eigenvalue weighted by Gasteiger charge is -2.18. The largest absolute Gasteiger partial charge is 0.462 e. The molecular formula is C68H120O6. The zero-order chi connectivity index (χ0) is 53.6. The highest BCUT2D eigenvalue weighted by molar-refractivity contribution is 5.71. The van der Waals surface area contributed by atoms with E-state index < -0.39 is 6.10 Å². The van der Waals surface area contributed by atoms with E-state index in [1.807, 2.05) is 0 Å². The summed E-state index contributed by atoms with van der Waals surface area (Å²) >= 11 is 0. The second kappa shape index (κ2) is 62.4. The molecule has 0 aromatic rings. The third-order valence-corrected chi connectivity index (χ3v) is 13.9. The number of rotatable bonds is 58. The molecule has 1 unspecified atom stereocenters. The molecule has 6 nitrogen and oxygen atoms in total. The molecule has 0 N–H and O–H groups in total. The molecule has 1 atom stereocenters. The van der Waals surface area contributed by atoms with Crippen molar-refractivity contribution in [2.24, 2.45) is 0 Å². The molecule has 0 saturated heterocycles. The second-order valence-corrected chi connectivity index (χ2v) is 21.3. The fourth-order valence-electron chi connectivity index (χ4n) is 9.17. The van der Waals surface area contributed by atoms with E-state index in [2.05, 4.69) is 93.7 Å². The number of carbonyl (C=O) groups is 3. The standard InChI is InChI=1S/C68H120O6/c1-4-7-10-13-16-19-22-24-26-28-30-31-32-33-34-35-36-37-39-40-42-44-46-49-52-55-58-61-67(70)73-64-65(63-72-66(69)60-57-54-51-48-21-18-15-12-9-6-3)74-68(71)62-59-56-53-50-47-45-43-41-38-29-27-25-23-20-17-14-11-8-5-2/h8,11,17,20,22,24-25,27-28,30,38,41,65H,4-7,9-10,12-16,18-19,21,23,26,29,31-37,39-40,42-64H2,1-3H3/b11-8-,20-17-,24-22-,27-25-,30-28-,41-38-. The lowest BCUT2D eigenvalue weighted by molar-refractivity contribution is -0.167. The van der Waals surface area contributed by atoms with Crippen LogP contribution in [0.2, 0.25) is 0 Å². The molecule has 0 fully saturated rings. The van der Waals surface area contributed by atoms with Gasteiger partial charge in [0.1, 0.15) is 13.2 Å². The highest BCUT2D eigenvalue weighted by Crippen LogP contribution is 2.17. The monoisotopic (exact) mass is 1030 g/mol. The Morgan fingerprint density at radius 3 is 0.824 bits per heavy atom. The van der Waals surface area contributed by atoms with Crippen LogP contribution in [0.3, 0.4) is 0 Å². The van der Waals surface area contributed by atoms with Crippen molar-refractivity contribution in [3.05, 3.63) is 72.9 Å². The van der Waals surface area contributed by atoms with Gasteiger partial charge in [-0.05, 0) is 89.9 Å². The van der Waals surface area contributed by atoms with Crippen molar-refractivity contribution >= 4 is 17.9 Å². The molecule has 6 heteroatoms. The van der Waals surface area contributed by atoms with E-state index >= 15 is 0 Å². The van der Waals surface area contributed by atoms with Gasteiger partial charge < -0.3 is 14.2 Å². The van der Waals surface area contributed by atoms with Crippen molar-refractivity contribution in [2.75, 3.05) is 13.2 Å². The summed E-state index contributed by atoms with van der Waals surface area (Å²) in [6.45, 7) is 6.53. The fraction of sp³-hybridized carbons (Fsp3) is 0.779. The number of unbranched alkanes of at least 4 members (excludes halogenated alkanes) is 35. The van der Waals surface area contributed by atoms with Crippen LogP contribution in [0.5, 0.6) is 0 Å². The van der Waals surface area contributed by atoms with E-state index in [0.717, 1.165) is 103 Å². The maximum atomic E-state index is 12.9. The summed E-state index contributed by atoms with van der Waals surface area (Å²) in [5.74, 6) is -0.880. The first kappa shape index (κ1) is 70.8. The Labute approximate surface area is 459 Å². The van der Waals surface area contributed by atoms with Crippen LogP contribution in [0.1, 0.15) is 323 Å². The molecule has 428 valence electrons. The molecule has 0 saturated carbocycles. The molecule has 0 aromatic heterocycles. The molecule has 0 aliphatic rings. The predicted molar refractivity (Wildman–Crippen MR) is 321 cm³/mol. The zero-order valence-electron chi connectivity index (χ0n) is 49.1. The minimum atomic E-state index is -0.781. The molecule has 0 aliphatic heterocycles. The van der Waals surface area contributed by atoms with Gasteiger partial charge in [-0.25, -0.2) is 0 Å². The van der Waals surface area contributed by atoms with Crippen LogP contribution >= 0.6 is 0 Å². The number of ether oxygens (including phenoxy) is 3. The Hall–Kier alpha value is -3.15. The zero-order valence-corrected chi connectivity index (χ0v) is 49.1. The highest BCUT2D eigenvalue weighted by Gasteiger charge is 2.19.